The Morgan fingerprint density at radius 2 is 2.18 bits per heavy atom. The largest absolute Gasteiger partial charge is 0.462 e. The summed E-state index contributed by atoms with van der Waals surface area (Å²) in [5.74, 6) is -1.14. The summed E-state index contributed by atoms with van der Waals surface area (Å²) in [7, 11) is 0. The molecule has 0 saturated carbocycles. The number of nitrogens with zero attached hydrogens (tertiary/aromatic N) is 6. The number of ether oxygens (including phenoxy) is 2. The van der Waals surface area contributed by atoms with Gasteiger partial charge in [0.25, 0.3) is 6.02 Å². The van der Waals surface area contributed by atoms with Crippen LogP contribution in [0.25, 0.3) is 5.82 Å². The van der Waals surface area contributed by atoms with Gasteiger partial charge in [-0.3, -0.25) is 4.79 Å². The highest BCUT2D eigenvalue weighted by atomic mass is 19.1. The maximum atomic E-state index is 15.0. The molecule has 3 atom stereocenters. The van der Waals surface area contributed by atoms with E-state index < -0.39 is 30.1 Å². The molecule has 0 amide bonds. The van der Waals surface area contributed by atoms with E-state index >= 15 is 4.39 Å². The molecule has 176 valence electrons. The number of nitrogens with two attached hydrogens (primary N) is 1. The van der Waals surface area contributed by atoms with Crippen molar-refractivity contribution < 1.29 is 23.0 Å². The van der Waals surface area contributed by atoms with Crippen molar-refractivity contribution in [2.45, 2.75) is 24.5 Å². The highest BCUT2D eigenvalue weighted by molar-refractivity contribution is 5.95. The van der Waals surface area contributed by atoms with Gasteiger partial charge in [0.05, 0.1) is 31.5 Å². The summed E-state index contributed by atoms with van der Waals surface area (Å²) in [5.41, 5.74) is 4.86. The Morgan fingerprint density at radius 3 is 2.91 bits per heavy atom. The third-order valence-electron chi connectivity index (χ3n) is 6.13. The van der Waals surface area contributed by atoms with Crippen molar-refractivity contribution in [2.75, 3.05) is 19.9 Å². The number of fused-ring (bicyclic) bond motifs is 1. The Labute approximate surface area is 192 Å². The van der Waals surface area contributed by atoms with Gasteiger partial charge in [0, 0.05) is 18.4 Å². The number of halogens is 2. The predicted octanol–water partition coefficient (Wildman–Crippen LogP) is 1.54. The summed E-state index contributed by atoms with van der Waals surface area (Å²) in [6, 6.07) is 3.94. The van der Waals surface area contributed by atoms with Gasteiger partial charge in [-0.25, -0.2) is 33.4 Å². The standard InChI is InChI=1S/C22H21F2N7O3/c23-10-22(15-9-33-4-3-19(15)34-21(25)30-22)14-5-13(1-2-16(14)24)6-18(32)17-7-28-20(8-27-17)31-12-26-11-29-31/h1-2,5,7-8,11-12,15,19H,3-4,6,9-10H2,(H2,25,30)/t15-,19+,22+/m0/s1. The van der Waals surface area contributed by atoms with Crippen molar-refractivity contribution in [3.8, 4) is 5.82 Å². The van der Waals surface area contributed by atoms with E-state index in [0.29, 0.717) is 24.4 Å². The summed E-state index contributed by atoms with van der Waals surface area (Å²) < 4.78 is 42.2. The monoisotopic (exact) mass is 469 g/mol. The van der Waals surface area contributed by atoms with Crippen LogP contribution in [0.5, 0.6) is 0 Å². The molecule has 1 aromatic carbocycles. The molecule has 0 spiro atoms. The van der Waals surface area contributed by atoms with Gasteiger partial charge in [0.2, 0.25) is 0 Å². The summed E-state index contributed by atoms with van der Waals surface area (Å²) in [6.45, 7) is -0.405. The molecule has 1 fully saturated rings. The highest BCUT2D eigenvalue weighted by Gasteiger charge is 2.51. The molecule has 2 aliphatic heterocycles. The summed E-state index contributed by atoms with van der Waals surface area (Å²) in [6.07, 6.45) is 5.51. The summed E-state index contributed by atoms with van der Waals surface area (Å²) >= 11 is 0. The molecule has 12 heteroatoms. The van der Waals surface area contributed by atoms with E-state index in [4.69, 9.17) is 15.2 Å². The topological polar surface area (TPSA) is 130 Å². The first-order chi connectivity index (χ1) is 16.5. The van der Waals surface area contributed by atoms with Crippen LogP contribution in [-0.2, 0) is 21.4 Å². The maximum absolute atomic E-state index is 15.0. The van der Waals surface area contributed by atoms with Crippen molar-refractivity contribution in [1.82, 2.24) is 24.7 Å². The van der Waals surface area contributed by atoms with Gasteiger partial charge in [-0.05, 0) is 17.7 Å². The Morgan fingerprint density at radius 1 is 1.29 bits per heavy atom. The minimum Gasteiger partial charge on any atom is -0.462 e. The van der Waals surface area contributed by atoms with Gasteiger partial charge in [-0.15, -0.1) is 0 Å². The minimum atomic E-state index is -1.60. The molecule has 4 heterocycles. The van der Waals surface area contributed by atoms with E-state index in [-0.39, 0.29) is 36.1 Å². The lowest BCUT2D eigenvalue weighted by Gasteiger charge is -2.45. The van der Waals surface area contributed by atoms with Crippen LogP contribution in [0.15, 0.2) is 48.2 Å². The maximum Gasteiger partial charge on any atom is 0.283 e. The molecule has 10 nitrogen and oxygen atoms in total. The fraction of sp³-hybridized carbons (Fsp3) is 0.364. The second-order valence-corrected chi connectivity index (χ2v) is 8.15. The number of Topliss-reactive ketones (excluding diaryl/α,β-unsaturated/α-hetero) is 1. The van der Waals surface area contributed by atoms with Crippen LogP contribution in [0.3, 0.4) is 0 Å². The van der Waals surface area contributed by atoms with Gasteiger partial charge in [-0.2, -0.15) is 5.10 Å². The van der Waals surface area contributed by atoms with E-state index in [0.717, 1.165) is 0 Å². The van der Waals surface area contributed by atoms with Crippen LogP contribution < -0.4 is 5.73 Å². The van der Waals surface area contributed by atoms with Gasteiger partial charge in [0.1, 0.15) is 42.5 Å². The predicted molar refractivity (Wildman–Crippen MR) is 114 cm³/mol. The van der Waals surface area contributed by atoms with Crippen LogP contribution in [0, 0.1) is 11.7 Å². The van der Waals surface area contributed by atoms with Crippen molar-refractivity contribution in [3.05, 3.63) is 65.9 Å². The fourth-order valence-electron chi connectivity index (χ4n) is 4.43. The zero-order valence-electron chi connectivity index (χ0n) is 18.0. The molecule has 0 unspecified atom stereocenters. The number of alkyl halides is 1. The van der Waals surface area contributed by atoms with Crippen LogP contribution in [-0.4, -0.2) is 62.5 Å². The molecular weight excluding hydrogens is 448 g/mol. The molecule has 5 rings (SSSR count). The SMILES string of the molecule is NC1=N[C@](CF)(c2cc(CC(=O)c3cnc(-n4cncn4)cn3)ccc2F)[C@H]2COCC[C@H]2O1. The Bertz CT molecular complexity index is 1220. The van der Waals surface area contributed by atoms with Crippen LogP contribution in [0.1, 0.15) is 28.0 Å². The summed E-state index contributed by atoms with van der Waals surface area (Å²) in [4.78, 5) is 29.2. The molecule has 2 N–H and O–H groups in total. The lowest BCUT2D eigenvalue weighted by molar-refractivity contribution is -0.0785. The van der Waals surface area contributed by atoms with Crippen LogP contribution >= 0.6 is 0 Å². The average molecular weight is 469 g/mol. The first kappa shape index (κ1) is 22.0. The van der Waals surface area contributed by atoms with Gasteiger partial charge >= 0.3 is 0 Å². The number of hydrogen-bond donors (Lipinski definition) is 1. The highest BCUT2D eigenvalue weighted by Crippen LogP contribution is 2.44. The Balaban J connectivity index is 1.43. The zero-order chi connectivity index (χ0) is 23.7. The van der Waals surface area contributed by atoms with Gasteiger partial charge in [0.15, 0.2) is 11.6 Å². The van der Waals surface area contributed by atoms with Crippen molar-refractivity contribution in [1.29, 1.82) is 0 Å². The van der Waals surface area contributed by atoms with E-state index in [9.17, 15) is 9.18 Å². The van der Waals surface area contributed by atoms with Crippen molar-refractivity contribution in [3.63, 3.8) is 0 Å². The number of benzene rings is 1. The normalized spacial score (nSPS) is 24.1. The molecule has 0 radical (unpaired) electrons. The van der Waals surface area contributed by atoms with Crippen molar-refractivity contribution in [2.24, 2.45) is 16.6 Å². The average Bonchev–Trinajstić information content (AvgIpc) is 3.40. The molecule has 0 aliphatic carbocycles. The van der Waals surface area contributed by atoms with E-state index in [1.54, 1.807) is 0 Å². The zero-order valence-corrected chi connectivity index (χ0v) is 18.0. The number of hydrogen-bond acceptors (Lipinski definition) is 9. The lowest BCUT2D eigenvalue weighted by atomic mass is 9.74. The molecule has 2 aromatic heterocycles. The fourth-order valence-corrected chi connectivity index (χ4v) is 4.43. The second kappa shape index (κ2) is 8.86. The molecular formula is C22H21F2N7O3. The number of aromatic nitrogens is 5. The quantitative estimate of drug-likeness (QED) is 0.538. The number of carbonyl (C=O) groups excluding carboxylic acids is 1. The molecule has 34 heavy (non-hydrogen) atoms. The lowest BCUT2D eigenvalue weighted by Crippen LogP contribution is -2.54. The number of ketones is 1. The van der Waals surface area contributed by atoms with Crippen molar-refractivity contribution >= 4 is 11.8 Å². The van der Waals surface area contributed by atoms with Gasteiger partial charge in [-0.1, -0.05) is 6.07 Å². The third kappa shape index (κ3) is 3.89. The number of amidine groups is 1. The number of carbonyl (C=O) groups is 1. The Kier molecular flexibility index (Phi) is 5.74. The second-order valence-electron chi connectivity index (χ2n) is 8.15. The molecule has 2 aliphatic rings. The minimum absolute atomic E-state index is 0.0136. The molecule has 0 bridgehead atoms. The van der Waals surface area contributed by atoms with Crippen LogP contribution in [0.2, 0.25) is 0 Å². The molecule has 3 aromatic rings. The summed E-state index contributed by atoms with van der Waals surface area (Å²) in [5, 5.41) is 3.95. The van der Waals surface area contributed by atoms with E-state index in [1.807, 2.05) is 0 Å². The molecule has 1 saturated heterocycles. The first-order valence-corrected chi connectivity index (χ1v) is 10.6. The first-order valence-electron chi connectivity index (χ1n) is 10.6. The van der Waals surface area contributed by atoms with E-state index in [2.05, 4.69) is 25.0 Å². The third-order valence-corrected chi connectivity index (χ3v) is 6.13. The Hall–Kier alpha value is -3.80. The smallest absolute Gasteiger partial charge is 0.283 e. The van der Waals surface area contributed by atoms with Gasteiger partial charge < -0.3 is 15.2 Å². The van der Waals surface area contributed by atoms with Crippen LogP contribution in [0.4, 0.5) is 8.78 Å². The van der Waals surface area contributed by atoms with E-state index in [1.165, 1.54) is 47.9 Å². The number of aliphatic imine (C=N–C) groups is 1. The number of rotatable bonds is 6.